The second-order valence-corrected chi connectivity index (χ2v) is 22.7. The average Bonchev–Trinajstić information content (AvgIpc) is 3.96. The van der Waals surface area contributed by atoms with Crippen molar-refractivity contribution in [3.63, 3.8) is 0 Å². The Morgan fingerprint density at radius 1 is 0.310 bits per heavy atom. The lowest BCUT2D eigenvalue weighted by Crippen LogP contribution is -2.68. The smallest absolute Gasteiger partial charge is 0.152 e. The van der Waals surface area contributed by atoms with Gasteiger partial charge in [-0.1, -0.05) is 237 Å². The van der Waals surface area contributed by atoms with E-state index in [2.05, 4.69) is 288 Å². The van der Waals surface area contributed by atoms with Gasteiger partial charge in [-0.2, -0.15) is 0 Å². The van der Waals surface area contributed by atoms with E-state index in [-0.39, 0.29) is 0 Å². The number of fused-ring (bicyclic) bond motifs is 6. The first-order valence-corrected chi connectivity index (χ1v) is 27.0. The lowest BCUT2D eigenvalue weighted by atomic mass is 9.90. The van der Waals surface area contributed by atoms with Crippen LogP contribution in [0.3, 0.4) is 0 Å². The fourth-order valence-corrected chi connectivity index (χ4v) is 16.5. The van der Waals surface area contributed by atoms with Gasteiger partial charge in [-0.15, -0.1) is 0 Å². The van der Waals surface area contributed by atoms with Crippen molar-refractivity contribution in [1.29, 1.82) is 0 Å². The Morgan fingerprint density at radius 2 is 0.789 bits per heavy atom. The summed E-state index contributed by atoms with van der Waals surface area (Å²) < 4.78 is 5.06. The highest BCUT2D eigenvalue weighted by Gasteiger charge is 2.40. The molecule has 0 aliphatic heterocycles. The van der Waals surface area contributed by atoms with Crippen LogP contribution in [0, 0.1) is 0 Å². The zero-order chi connectivity index (χ0) is 47.1. The first-order valence-electron chi connectivity index (χ1n) is 24.8. The third-order valence-electron chi connectivity index (χ3n) is 14.9. The molecule has 0 aliphatic rings. The number of aromatic nitrogens is 2. The third kappa shape index (κ3) is 7.33. The first-order chi connectivity index (χ1) is 35.2. The molecule has 0 N–H and O–H groups in total. The highest BCUT2D eigenvalue weighted by molar-refractivity contribution is 7.11. The van der Waals surface area contributed by atoms with Gasteiger partial charge in [0.1, 0.15) is 0 Å². The number of para-hydroxylation sites is 2. The quantitative estimate of drug-likeness (QED) is 0.0904. The van der Waals surface area contributed by atoms with Crippen LogP contribution in [-0.4, -0.2) is 17.2 Å². The van der Waals surface area contributed by atoms with Crippen LogP contribution in [0.4, 0.5) is 0 Å². The maximum absolute atomic E-state index is 2.62. The molecule has 0 spiro atoms. The molecule has 3 heteroatoms. The van der Waals surface area contributed by atoms with Gasteiger partial charge < -0.3 is 9.13 Å². The summed E-state index contributed by atoms with van der Waals surface area (Å²) in [5.74, 6) is 0. The van der Waals surface area contributed by atoms with Crippen molar-refractivity contribution in [2.24, 2.45) is 0 Å². The SMILES string of the molecule is c1ccc(-c2cccc(-c3cccc(-c4ccccc4)c3Cn3c4ccccc4c4cc(-n5c6ccccc6c6c(C[Si](c7ccccc7)(c7ccccc7)c7ccccc7)cccc65)ccc43)c2)cc1. The summed E-state index contributed by atoms with van der Waals surface area (Å²) in [4.78, 5) is 0. The Hall–Kier alpha value is -8.76. The minimum Gasteiger partial charge on any atom is -0.336 e. The van der Waals surface area contributed by atoms with Gasteiger partial charge in [0.05, 0.1) is 11.0 Å². The van der Waals surface area contributed by atoms with Crippen LogP contribution in [0.5, 0.6) is 0 Å². The summed E-state index contributed by atoms with van der Waals surface area (Å²) in [6.45, 7) is 0.702. The Labute approximate surface area is 416 Å². The number of benzene rings is 11. The molecule has 13 rings (SSSR count). The lowest BCUT2D eigenvalue weighted by Gasteiger charge is -2.34. The fourth-order valence-electron chi connectivity index (χ4n) is 11.7. The van der Waals surface area contributed by atoms with Gasteiger partial charge in [0.25, 0.3) is 0 Å². The van der Waals surface area contributed by atoms with Gasteiger partial charge in [0, 0.05) is 44.8 Å². The van der Waals surface area contributed by atoms with E-state index in [9.17, 15) is 0 Å². The zero-order valence-corrected chi connectivity index (χ0v) is 40.4. The van der Waals surface area contributed by atoms with Crippen LogP contribution < -0.4 is 15.6 Å². The zero-order valence-electron chi connectivity index (χ0n) is 39.4. The maximum atomic E-state index is 2.55. The monoisotopic (exact) mass is 922 g/mol. The minimum atomic E-state index is -2.62. The van der Waals surface area contributed by atoms with Crippen molar-refractivity contribution in [1.82, 2.24) is 9.13 Å². The van der Waals surface area contributed by atoms with Crippen molar-refractivity contribution >= 4 is 67.2 Å². The number of hydrogen-bond donors (Lipinski definition) is 0. The van der Waals surface area contributed by atoms with Crippen molar-refractivity contribution in [2.45, 2.75) is 12.6 Å². The van der Waals surface area contributed by atoms with E-state index in [1.54, 1.807) is 0 Å². The van der Waals surface area contributed by atoms with E-state index < -0.39 is 8.07 Å². The second-order valence-electron chi connectivity index (χ2n) is 18.8. The Bertz CT molecular complexity index is 3930. The van der Waals surface area contributed by atoms with Crippen molar-refractivity contribution in [3.05, 3.63) is 290 Å². The Kier molecular flexibility index (Phi) is 10.7. The molecular formula is C68H50N2Si. The summed E-state index contributed by atoms with van der Waals surface area (Å²) in [7, 11) is -2.62. The standard InChI is InChI=1S/C68H50N2Si/c1-6-23-49(24-7-1)51-27-20-28-52(45-51)59-39-22-38-58(50-25-8-2-9-26-50)63(59)47-69-64-40-18-16-36-60(64)62-46-54(43-44-65(62)69)70-66-41-19-17-37-61(66)68-53(29-21-42-67(68)70)48-71(55-30-10-3-11-31-55,56-32-12-4-13-33-56)57-34-14-5-15-35-57/h1-46H,47-48H2. The Morgan fingerprint density at radius 3 is 1.45 bits per heavy atom. The molecule has 71 heavy (non-hydrogen) atoms. The van der Waals surface area contributed by atoms with Crippen LogP contribution in [0.2, 0.25) is 0 Å². The average molecular weight is 923 g/mol. The van der Waals surface area contributed by atoms with Crippen LogP contribution in [-0.2, 0) is 12.6 Å². The van der Waals surface area contributed by atoms with Gasteiger partial charge in [0.15, 0.2) is 8.07 Å². The summed E-state index contributed by atoms with van der Waals surface area (Å²) in [6, 6.07) is 104. The molecule has 0 radical (unpaired) electrons. The van der Waals surface area contributed by atoms with Gasteiger partial charge in [0.2, 0.25) is 0 Å². The van der Waals surface area contributed by atoms with Crippen LogP contribution in [0.1, 0.15) is 11.1 Å². The third-order valence-corrected chi connectivity index (χ3v) is 19.8. The highest BCUT2D eigenvalue weighted by atomic mass is 28.3. The van der Waals surface area contributed by atoms with E-state index in [1.807, 2.05) is 0 Å². The molecule has 0 saturated carbocycles. The molecule has 0 unspecified atom stereocenters. The summed E-state index contributed by atoms with van der Waals surface area (Å²) in [6.07, 6.45) is 0. The molecule has 13 aromatic rings. The van der Waals surface area contributed by atoms with Crippen LogP contribution >= 0.6 is 0 Å². The molecule has 0 bridgehead atoms. The number of rotatable bonds is 11. The van der Waals surface area contributed by atoms with Gasteiger partial charge in [-0.25, -0.2) is 0 Å². The normalized spacial score (nSPS) is 11.8. The molecule has 2 heterocycles. The van der Waals surface area contributed by atoms with E-state index in [1.165, 1.54) is 104 Å². The van der Waals surface area contributed by atoms with E-state index >= 15 is 0 Å². The van der Waals surface area contributed by atoms with Crippen LogP contribution in [0.25, 0.3) is 82.7 Å². The first kappa shape index (κ1) is 42.3. The summed E-state index contributed by atoms with van der Waals surface area (Å²) in [5, 5.41) is 9.34. The molecular weight excluding hydrogens is 873 g/mol. The molecule has 2 nitrogen and oxygen atoms in total. The summed E-state index contributed by atoms with van der Waals surface area (Å²) >= 11 is 0. The molecule has 0 amide bonds. The molecule has 0 atom stereocenters. The predicted molar refractivity (Wildman–Crippen MR) is 303 cm³/mol. The second kappa shape index (κ2) is 18.0. The molecule has 11 aromatic carbocycles. The Balaban J connectivity index is 0.985. The van der Waals surface area contributed by atoms with Gasteiger partial charge >= 0.3 is 0 Å². The maximum Gasteiger partial charge on any atom is 0.152 e. The van der Waals surface area contributed by atoms with Gasteiger partial charge in [-0.3, -0.25) is 0 Å². The van der Waals surface area contributed by atoms with Crippen molar-refractivity contribution in [2.75, 3.05) is 0 Å². The minimum absolute atomic E-state index is 0.702. The van der Waals surface area contributed by atoms with Crippen molar-refractivity contribution in [3.8, 4) is 39.1 Å². The van der Waals surface area contributed by atoms with E-state index in [0.717, 1.165) is 11.7 Å². The lowest BCUT2D eigenvalue weighted by molar-refractivity contribution is 0.872. The molecule has 336 valence electrons. The topological polar surface area (TPSA) is 9.86 Å². The summed E-state index contributed by atoms with van der Waals surface area (Å²) in [5.41, 5.74) is 16.1. The molecule has 2 aromatic heterocycles. The predicted octanol–water partition coefficient (Wildman–Crippen LogP) is 15.2. The molecule has 0 aliphatic carbocycles. The number of hydrogen-bond acceptors (Lipinski definition) is 0. The van der Waals surface area contributed by atoms with E-state index in [0.29, 0.717) is 6.54 Å². The van der Waals surface area contributed by atoms with Crippen LogP contribution in [0.15, 0.2) is 279 Å². The largest absolute Gasteiger partial charge is 0.336 e. The molecule has 0 saturated heterocycles. The van der Waals surface area contributed by atoms with E-state index in [4.69, 9.17) is 0 Å². The fraction of sp³-hybridized carbons (Fsp3) is 0.0294. The molecule has 0 fully saturated rings. The highest BCUT2D eigenvalue weighted by Crippen LogP contribution is 2.40. The number of nitrogens with zero attached hydrogens (tertiary/aromatic N) is 2. The van der Waals surface area contributed by atoms with Crippen molar-refractivity contribution < 1.29 is 0 Å². The van der Waals surface area contributed by atoms with Gasteiger partial charge in [-0.05, 0) is 109 Å².